The van der Waals surface area contributed by atoms with Crippen molar-refractivity contribution in [1.82, 2.24) is 0 Å². The smallest absolute Gasteiger partial charge is 0.125 e. The Bertz CT molecular complexity index is 609. The zero-order valence-electron chi connectivity index (χ0n) is 12.1. The first-order valence-electron chi connectivity index (χ1n) is 6.57. The molecule has 2 nitrogen and oxygen atoms in total. The molecule has 0 unspecified atom stereocenters. The molecule has 0 aliphatic rings. The Balaban J connectivity index is 2.11. The molecule has 0 saturated carbocycles. The van der Waals surface area contributed by atoms with Crippen LogP contribution in [0.25, 0.3) is 0 Å². The number of rotatable bonds is 4. The number of hydrogen-bond acceptors (Lipinski definition) is 2. The minimum atomic E-state index is 0.419. The van der Waals surface area contributed by atoms with Crippen molar-refractivity contribution in [2.45, 2.75) is 27.4 Å². The predicted molar refractivity (Wildman–Crippen MR) is 87.3 cm³/mol. The fraction of sp³-hybridized carbons (Fsp3) is 0.235. The highest BCUT2D eigenvalue weighted by Gasteiger charge is 2.05. The maximum Gasteiger partial charge on any atom is 0.125 e. The first kappa shape index (κ1) is 14.5. The van der Waals surface area contributed by atoms with Gasteiger partial charge in [0.15, 0.2) is 0 Å². The molecular formula is C17H19NOS. The van der Waals surface area contributed by atoms with Crippen LogP contribution in [0, 0.1) is 20.8 Å². The predicted octanol–water partition coefficient (Wildman–Crippen LogP) is 3.83. The molecule has 0 spiro atoms. The molecule has 0 fully saturated rings. The van der Waals surface area contributed by atoms with Crippen molar-refractivity contribution in [2.24, 2.45) is 5.73 Å². The van der Waals surface area contributed by atoms with Gasteiger partial charge >= 0.3 is 0 Å². The van der Waals surface area contributed by atoms with Crippen molar-refractivity contribution in [3.8, 4) is 5.75 Å². The van der Waals surface area contributed by atoms with Gasteiger partial charge in [0.2, 0.25) is 0 Å². The third-order valence-corrected chi connectivity index (χ3v) is 3.46. The van der Waals surface area contributed by atoms with E-state index in [0.717, 1.165) is 16.9 Å². The van der Waals surface area contributed by atoms with Crippen LogP contribution in [0.3, 0.4) is 0 Å². The first-order valence-corrected chi connectivity index (χ1v) is 6.97. The molecule has 2 aromatic carbocycles. The van der Waals surface area contributed by atoms with Gasteiger partial charge < -0.3 is 10.5 Å². The Hall–Kier alpha value is -1.87. The second kappa shape index (κ2) is 6.06. The number of thiocarbonyl (C=S) groups is 1. The van der Waals surface area contributed by atoms with Gasteiger partial charge in [0, 0.05) is 5.56 Å². The normalized spacial score (nSPS) is 10.3. The summed E-state index contributed by atoms with van der Waals surface area (Å²) >= 11 is 4.94. The molecule has 0 aliphatic carbocycles. The van der Waals surface area contributed by atoms with Gasteiger partial charge in [0.05, 0.1) is 0 Å². The molecule has 0 aromatic heterocycles. The summed E-state index contributed by atoms with van der Waals surface area (Å²) in [6.07, 6.45) is 0. The number of hydrogen-bond donors (Lipinski definition) is 1. The van der Waals surface area contributed by atoms with E-state index in [1.54, 1.807) is 0 Å². The van der Waals surface area contributed by atoms with Crippen LogP contribution in [0.15, 0.2) is 36.4 Å². The van der Waals surface area contributed by atoms with Crippen LogP contribution in [0.5, 0.6) is 5.75 Å². The fourth-order valence-corrected chi connectivity index (χ4v) is 2.45. The minimum absolute atomic E-state index is 0.419. The lowest BCUT2D eigenvalue weighted by Gasteiger charge is -2.13. The lowest BCUT2D eigenvalue weighted by Crippen LogP contribution is -2.09. The van der Waals surface area contributed by atoms with Crippen LogP contribution < -0.4 is 10.5 Å². The van der Waals surface area contributed by atoms with Crippen LogP contribution in [-0.2, 0) is 6.61 Å². The average Bonchev–Trinajstić information content (AvgIpc) is 2.38. The largest absolute Gasteiger partial charge is 0.488 e. The van der Waals surface area contributed by atoms with Gasteiger partial charge in [-0.15, -0.1) is 0 Å². The number of ether oxygens (including phenoxy) is 1. The second-order valence-corrected chi connectivity index (χ2v) is 5.52. The van der Waals surface area contributed by atoms with Gasteiger partial charge in [-0.3, -0.25) is 0 Å². The highest BCUT2D eigenvalue weighted by atomic mass is 32.1. The van der Waals surface area contributed by atoms with Gasteiger partial charge in [-0.2, -0.15) is 0 Å². The van der Waals surface area contributed by atoms with Crippen molar-refractivity contribution in [1.29, 1.82) is 0 Å². The van der Waals surface area contributed by atoms with Gasteiger partial charge in [-0.1, -0.05) is 54.2 Å². The minimum Gasteiger partial charge on any atom is -0.488 e. The molecule has 2 N–H and O–H groups in total. The molecule has 0 saturated heterocycles. The van der Waals surface area contributed by atoms with E-state index in [0.29, 0.717) is 11.6 Å². The van der Waals surface area contributed by atoms with Gasteiger partial charge in [-0.25, -0.2) is 0 Å². The van der Waals surface area contributed by atoms with Crippen molar-refractivity contribution < 1.29 is 4.74 Å². The van der Waals surface area contributed by atoms with E-state index in [4.69, 9.17) is 22.7 Å². The maximum absolute atomic E-state index is 5.94. The van der Waals surface area contributed by atoms with Crippen LogP contribution >= 0.6 is 12.2 Å². The molecular weight excluding hydrogens is 266 g/mol. The van der Waals surface area contributed by atoms with Crippen molar-refractivity contribution in [3.05, 3.63) is 64.2 Å². The first-order chi connectivity index (χ1) is 9.47. The monoisotopic (exact) mass is 285 g/mol. The summed E-state index contributed by atoms with van der Waals surface area (Å²) in [4.78, 5) is 0.419. The Morgan fingerprint density at radius 2 is 1.60 bits per heavy atom. The Labute approximate surface area is 125 Å². The topological polar surface area (TPSA) is 35.2 Å². The van der Waals surface area contributed by atoms with Crippen LogP contribution in [0.1, 0.15) is 27.8 Å². The molecule has 2 aromatic rings. The van der Waals surface area contributed by atoms with Gasteiger partial charge in [0.25, 0.3) is 0 Å². The molecule has 0 aliphatic heterocycles. The second-order valence-electron chi connectivity index (χ2n) is 5.08. The van der Waals surface area contributed by atoms with Crippen LogP contribution in [-0.4, -0.2) is 4.99 Å². The van der Waals surface area contributed by atoms with E-state index >= 15 is 0 Å². The maximum atomic E-state index is 5.94. The Morgan fingerprint density at radius 3 is 2.10 bits per heavy atom. The van der Waals surface area contributed by atoms with Crippen molar-refractivity contribution in [3.63, 3.8) is 0 Å². The fourth-order valence-electron chi connectivity index (χ4n) is 2.32. The summed E-state index contributed by atoms with van der Waals surface area (Å²) in [7, 11) is 0. The molecule has 3 heteroatoms. The number of aryl methyl sites for hydroxylation is 3. The standard InChI is InChI=1S/C17H19NOS/c1-11-8-12(2)16(13(3)9-11)19-10-14-4-6-15(7-5-14)17(18)20/h4-9H,10H2,1-3H3,(H2,18,20). The highest BCUT2D eigenvalue weighted by molar-refractivity contribution is 7.80. The zero-order valence-corrected chi connectivity index (χ0v) is 12.9. The van der Waals surface area contributed by atoms with E-state index < -0.39 is 0 Å². The molecule has 0 heterocycles. The van der Waals surface area contributed by atoms with E-state index in [-0.39, 0.29) is 0 Å². The summed E-state index contributed by atoms with van der Waals surface area (Å²) in [5, 5.41) is 0. The van der Waals surface area contributed by atoms with E-state index in [1.165, 1.54) is 16.7 Å². The summed E-state index contributed by atoms with van der Waals surface area (Å²) < 4.78 is 5.94. The summed E-state index contributed by atoms with van der Waals surface area (Å²) in [5.41, 5.74) is 11.2. The summed E-state index contributed by atoms with van der Waals surface area (Å²) in [6.45, 7) is 6.79. The van der Waals surface area contributed by atoms with E-state index in [2.05, 4.69) is 32.9 Å². The van der Waals surface area contributed by atoms with E-state index in [1.807, 2.05) is 24.3 Å². The molecule has 0 atom stereocenters. The molecule has 2 rings (SSSR count). The lowest BCUT2D eigenvalue weighted by molar-refractivity contribution is 0.302. The average molecular weight is 285 g/mol. The Morgan fingerprint density at radius 1 is 1.05 bits per heavy atom. The van der Waals surface area contributed by atoms with Crippen LogP contribution in [0.4, 0.5) is 0 Å². The molecule has 0 bridgehead atoms. The van der Waals surface area contributed by atoms with Crippen LogP contribution in [0.2, 0.25) is 0 Å². The molecule has 104 valence electrons. The van der Waals surface area contributed by atoms with Crippen molar-refractivity contribution >= 4 is 17.2 Å². The quantitative estimate of drug-likeness (QED) is 0.867. The summed E-state index contributed by atoms with van der Waals surface area (Å²) in [5.74, 6) is 0.967. The summed E-state index contributed by atoms with van der Waals surface area (Å²) in [6, 6.07) is 12.1. The Kier molecular flexibility index (Phi) is 4.40. The van der Waals surface area contributed by atoms with Crippen molar-refractivity contribution in [2.75, 3.05) is 0 Å². The third kappa shape index (κ3) is 3.36. The molecule has 0 radical (unpaired) electrons. The highest BCUT2D eigenvalue weighted by Crippen LogP contribution is 2.25. The number of benzene rings is 2. The van der Waals surface area contributed by atoms with Gasteiger partial charge in [-0.05, 0) is 37.5 Å². The molecule has 0 amide bonds. The van der Waals surface area contributed by atoms with E-state index in [9.17, 15) is 0 Å². The molecule has 20 heavy (non-hydrogen) atoms. The number of nitrogens with two attached hydrogens (primary N) is 1. The van der Waals surface area contributed by atoms with Gasteiger partial charge in [0.1, 0.15) is 17.3 Å². The third-order valence-electron chi connectivity index (χ3n) is 3.23. The lowest BCUT2D eigenvalue weighted by atomic mass is 10.1. The SMILES string of the molecule is Cc1cc(C)c(OCc2ccc(C(N)=S)cc2)c(C)c1. The zero-order chi connectivity index (χ0) is 14.7.